The van der Waals surface area contributed by atoms with Crippen molar-refractivity contribution in [3.8, 4) is 5.75 Å². The molecule has 0 saturated carbocycles. The second-order valence-corrected chi connectivity index (χ2v) is 12.0. The van der Waals surface area contributed by atoms with Gasteiger partial charge in [0.2, 0.25) is 5.13 Å². The van der Waals surface area contributed by atoms with E-state index < -0.39 is 27.7 Å². The lowest BCUT2D eigenvalue weighted by Gasteiger charge is -2.20. The van der Waals surface area contributed by atoms with Crippen LogP contribution in [-0.4, -0.2) is 50.9 Å². The molecule has 0 saturated heterocycles. The zero-order valence-electron chi connectivity index (χ0n) is 23.1. The number of nitrogens with zero attached hydrogens (tertiary/aromatic N) is 2. The lowest BCUT2D eigenvalue weighted by atomic mass is 9.95. The quantitative estimate of drug-likeness (QED) is 0.220. The van der Waals surface area contributed by atoms with Crippen molar-refractivity contribution < 1.29 is 35.9 Å². The minimum atomic E-state index is -4.57. The summed E-state index contributed by atoms with van der Waals surface area (Å²) in [6.45, 7) is 8.43. The van der Waals surface area contributed by atoms with E-state index >= 15 is 0 Å². The Kier molecular flexibility index (Phi) is 11.1. The summed E-state index contributed by atoms with van der Waals surface area (Å²) in [6.07, 6.45) is -4.07. The first-order chi connectivity index (χ1) is 19.4. The van der Waals surface area contributed by atoms with Gasteiger partial charge in [-0.2, -0.15) is 13.2 Å². The fourth-order valence-electron chi connectivity index (χ4n) is 3.83. The summed E-state index contributed by atoms with van der Waals surface area (Å²) in [5.74, 6) is -0.908. The zero-order valence-corrected chi connectivity index (χ0v) is 24.8. The molecule has 0 bridgehead atoms. The number of carbonyl (C=O) groups is 1. The van der Waals surface area contributed by atoms with E-state index in [1.54, 1.807) is 19.1 Å². The molecule has 224 valence electrons. The molecule has 2 N–H and O–H groups in total. The molecule has 1 unspecified atom stereocenters. The maximum atomic E-state index is 13.2. The Hall–Kier alpha value is -3.23. The molecule has 3 rings (SSSR count). The number of benzene rings is 2. The SMILES string of the molecule is CCOCCC(CNC(=O)c1ccc(C(F)(F)F)cc1OCC)c1ccc(S(=O)(=O)Nc2nnc(C(C)C)s2)cc1. The first kappa shape index (κ1) is 32.3. The number of sulfonamides is 1. The van der Waals surface area contributed by atoms with Crippen molar-refractivity contribution in [3.05, 3.63) is 64.2 Å². The van der Waals surface area contributed by atoms with Gasteiger partial charge in [0.15, 0.2) is 0 Å². The molecule has 1 amide bonds. The standard InChI is InChI=1S/C27H33F3N4O5S2/c1-5-38-14-13-19(16-31-24(35)22-12-9-20(27(28,29)30)15-23(22)39-6-2)18-7-10-21(11-8-18)41(36,37)34-26-33-32-25(40-26)17(3)4/h7-12,15,17,19H,5-6,13-14,16H2,1-4H3,(H,31,35)(H,33,34). The first-order valence-corrected chi connectivity index (χ1v) is 15.3. The molecule has 41 heavy (non-hydrogen) atoms. The summed E-state index contributed by atoms with van der Waals surface area (Å²) in [5.41, 5.74) is -0.184. The number of hydrogen-bond donors (Lipinski definition) is 2. The Labute approximate surface area is 241 Å². The van der Waals surface area contributed by atoms with E-state index in [-0.39, 0.29) is 46.3 Å². The van der Waals surface area contributed by atoms with Crippen LogP contribution in [0.5, 0.6) is 5.75 Å². The first-order valence-electron chi connectivity index (χ1n) is 13.0. The van der Waals surface area contributed by atoms with Crippen molar-refractivity contribution in [3.63, 3.8) is 0 Å². The normalized spacial score (nSPS) is 12.8. The van der Waals surface area contributed by atoms with Crippen molar-refractivity contribution in [2.24, 2.45) is 0 Å². The smallest absolute Gasteiger partial charge is 0.416 e. The van der Waals surface area contributed by atoms with Crippen LogP contribution in [0.4, 0.5) is 18.3 Å². The van der Waals surface area contributed by atoms with Crippen LogP contribution in [0.2, 0.25) is 0 Å². The highest BCUT2D eigenvalue weighted by atomic mass is 32.2. The van der Waals surface area contributed by atoms with Crippen LogP contribution >= 0.6 is 11.3 Å². The van der Waals surface area contributed by atoms with E-state index in [0.717, 1.165) is 35.1 Å². The van der Waals surface area contributed by atoms with E-state index in [2.05, 4.69) is 20.2 Å². The van der Waals surface area contributed by atoms with Gasteiger partial charge in [0, 0.05) is 31.6 Å². The van der Waals surface area contributed by atoms with Crippen LogP contribution in [0.3, 0.4) is 0 Å². The predicted octanol–water partition coefficient (Wildman–Crippen LogP) is 5.82. The maximum absolute atomic E-state index is 13.2. The summed E-state index contributed by atoms with van der Waals surface area (Å²) < 4.78 is 78.5. The highest BCUT2D eigenvalue weighted by Gasteiger charge is 2.32. The van der Waals surface area contributed by atoms with E-state index in [0.29, 0.717) is 24.6 Å². The molecular weight excluding hydrogens is 581 g/mol. The van der Waals surface area contributed by atoms with E-state index in [9.17, 15) is 26.4 Å². The minimum absolute atomic E-state index is 0.0202. The van der Waals surface area contributed by atoms with Crippen molar-refractivity contribution in [1.82, 2.24) is 15.5 Å². The van der Waals surface area contributed by atoms with Crippen LogP contribution in [0.15, 0.2) is 47.4 Å². The molecule has 0 fully saturated rings. The van der Waals surface area contributed by atoms with Crippen molar-refractivity contribution in [2.45, 2.75) is 57.0 Å². The Bertz CT molecular complexity index is 1410. The van der Waals surface area contributed by atoms with Crippen LogP contribution in [-0.2, 0) is 20.9 Å². The van der Waals surface area contributed by atoms with E-state index in [1.807, 2.05) is 20.8 Å². The third kappa shape index (κ3) is 8.88. The number of rotatable bonds is 14. The van der Waals surface area contributed by atoms with Gasteiger partial charge in [-0.3, -0.25) is 9.52 Å². The summed E-state index contributed by atoms with van der Waals surface area (Å²) in [6, 6.07) is 8.96. The number of nitrogens with one attached hydrogen (secondary N) is 2. The molecule has 0 aliphatic heterocycles. The van der Waals surface area contributed by atoms with Crippen molar-refractivity contribution in [1.29, 1.82) is 0 Å². The van der Waals surface area contributed by atoms with Crippen LogP contribution in [0.25, 0.3) is 0 Å². The number of halogens is 3. The van der Waals surface area contributed by atoms with Gasteiger partial charge in [0.1, 0.15) is 10.8 Å². The minimum Gasteiger partial charge on any atom is -0.493 e. The predicted molar refractivity (Wildman–Crippen MR) is 150 cm³/mol. The largest absolute Gasteiger partial charge is 0.493 e. The average Bonchev–Trinajstić information content (AvgIpc) is 3.38. The Balaban J connectivity index is 1.76. The van der Waals surface area contributed by atoms with Crippen LogP contribution < -0.4 is 14.8 Å². The van der Waals surface area contributed by atoms with Crippen molar-refractivity contribution in [2.75, 3.05) is 31.1 Å². The number of carbonyl (C=O) groups excluding carboxylic acids is 1. The highest BCUT2D eigenvalue weighted by Crippen LogP contribution is 2.33. The summed E-state index contributed by atoms with van der Waals surface area (Å²) in [4.78, 5) is 13.0. The Morgan fingerprint density at radius 2 is 1.76 bits per heavy atom. The number of ether oxygens (including phenoxy) is 2. The molecule has 1 atom stereocenters. The second kappa shape index (κ2) is 14.1. The summed E-state index contributed by atoms with van der Waals surface area (Å²) >= 11 is 1.16. The van der Waals surface area contributed by atoms with E-state index in [1.165, 1.54) is 12.1 Å². The third-order valence-corrected chi connectivity index (χ3v) is 8.62. The van der Waals surface area contributed by atoms with Gasteiger partial charge in [-0.05, 0) is 56.2 Å². The monoisotopic (exact) mass is 614 g/mol. The van der Waals surface area contributed by atoms with Gasteiger partial charge in [-0.25, -0.2) is 8.42 Å². The number of aromatic nitrogens is 2. The molecule has 0 aliphatic rings. The number of amides is 1. The molecule has 0 radical (unpaired) electrons. The van der Waals surface area contributed by atoms with Gasteiger partial charge < -0.3 is 14.8 Å². The molecular formula is C27H33F3N4O5S2. The highest BCUT2D eigenvalue weighted by molar-refractivity contribution is 7.93. The third-order valence-electron chi connectivity index (χ3n) is 6.00. The number of hydrogen-bond acceptors (Lipinski definition) is 8. The summed E-state index contributed by atoms with van der Waals surface area (Å²) in [7, 11) is -3.91. The fourth-order valence-corrected chi connectivity index (χ4v) is 5.81. The van der Waals surface area contributed by atoms with Gasteiger partial charge >= 0.3 is 6.18 Å². The topological polar surface area (TPSA) is 120 Å². The number of anilines is 1. The Morgan fingerprint density at radius 1 is 1.05 bits per heavy atom. The van der Waals surface area contributed by atoms with E-state index in [4.69, 9.17) is 9.47 Å². The molecule has 14 heteroatoms. The van der Waals surface area contributed by atoms with Crippen LogP contribution in [0, 0.1) is 0 Å². The van der Waals surface area contributed by atoms with Crippen LogP contribution in [0.1, 0.15) is 72.4 Å². The molecule has 0 spiro atoms. The van der Waals surface area contributed by atoms with Gasteiger partial charge in [-0.1, -0.05) is 37.3 Å². The lowest BCUT2D eigenvalue weighted by molar-refractivity contribution is -0.137. The summed E-state index contributed by atoms with van der Waals surface area (Å²) in [5, 5.41) is 11.5. The molecule has 9 nitrogen and oxygen atoms in total. The lowest BCUT2D eigenvalue weighted by Crippen LogP contribution is -2.29. The molecule has 1 heterocycles. The van der Waals surface area contributed by atoms with Crippen molar-refractivity contribution >= 4 is 32.4 Å². The van der Waals surface area contributed by atoms with Gasteiger partial charge in [0.25, 0.3) is 15.9 Å². The molecule has 0 aliphatic carbocycles. The zero-order chi connectivity index (χ0) is 30.2. The molecule has 1 aromatic heterocycles. The maximum Gasteiger partial charge on any atom is 0.416 e. The fraction of sp³-hybridized carbons (Fsp3) is 0.444. The molecule has 2 aromatic carbocycles. The average molecular weight is 615 g/mol. The second-order valence-electron chi connectivity index (χ2n) is 9.31. The van der Waals surface area contributed by atoms with Gasteiger partial charge in [-0.15, -0.1) is 10.2 Å². The van der Waals surface area contributed by atoms with Gasteiger partial charge in [0.05, 0.1) is 22.6 Å². The molecule has 3 aromatic rings. The Morgan fingerprint density at radius 3 is 2.34 bits per heavy atom. The number of alkyl halides is 3.